The van der Waals surface area contributed by atoms with E-state index in [1.165, 1.54) is 12.1 Å². The highest BCUT2D eigenvalue weighted by molar-refractivity contribution is 5.95. The summed E-state index contributed by atoms with van der Waals surface area (Å²) in [5, 5.41) is 21.3. The summed E-state index contributed by atoms with van der Waals surface area (Å²) in [4.78, 5) is 12.1. The smallest absolute Gasteiger partial charge is 0.252 e. The molecule has 4 heteroatoms. The second-order valence-corrected chi connectivity index (χ2v) is 4.45. The Morgan fingerprint density at radius 1 is 1.25 bits per heavy atom. The van der Waals surface area contributed by atoms with Gasteiger partial charge in [0.2, 0.25) is 0 Å². The van der Waals surface area contributed by atoms with E-state index in [1.807, 2.05) is 18.2 Å². The van der Waals surface area contributed by atoms with Gasteiger partial charge in [0.15, 0.2) is 0 Å². The highest BCUT2D eigenvalue weighted by atomic mass is 16.3. The first-order chi connectivity index (χ1) is 9.61. The number of nitrogens with zero attached hydrogens (tertiary/aromatic N) is 1. The Hall–Kier alpha value is -2.80. The molecule has 0 saturated carbocycles. The molecule has 0 aromatic heterocycles. The van der Waals surface area contributed by atoms with Crippen LogP contribution in [0.25, 0.3) is 0 Å². The largest absolute Gasteiger partial charge is 0.508 e. The van der Waals surface area contributed by atoms with Crippen LogP contribution in [0.3, 0.4) is 0 Å². The van der Waals surface area contributed by atoms with Crippen molar-refractivity contribution in [2.24, 2.45) is 0 Å². The van der Waals surface area contributed by atoms with Crippen molar-refractivity contribution in [2.45, 2.75) is 13.0 Å². The van der Waals surface area contributed by atoms with Crippen molar-refractivity contribution < 1.29 is 9.90 Å². The number of benzene rings is 2. The molecular weight excluding hydrogens is 252 g/mol. The van der Waals surface area contributed by atoms with Crippen LogP contribution in [0.5, 0.6) is 5.75 Å². The van der Waals surface area contributed by atoms with Gasteiger partial charge in [0.05, 0.1) is 6.07 Å². The predicted octanol–water partition coefficient (Wildman–Crippen LogP) is 2.70. The van der Waals surface area contributed by atoms with Crippen molar-refractivity contribution in [1.82, 2.24) is 5.32 Å². The van der Waals surface area contributed by atoms with Crippen molar-refractivity contribution in [3.05, 3.63) is 65.2 Å². The quantitative estimate of drug-likeness (QED) is 0.897. The van der Waals surface area contributed by atoms with Crippen molar-refractivity contribution in [3.63, 3.8) is 0 Å². The lowest BCUT2D eigenvalue weighted by Gasteiger charge is -2.12. The molecule has 2 rings (SSSR count). The van der Waals surface area contributed by atoms with Gasteiger partial charge in [-0.2, -0.15) is 5.26 Å². The molecular formula is C16H14N2O2. The van der Waals surface area contributed by atoms with Crippen LogP contribution in [-0.2, 0) is 0 Å². The SMILES string of the molecule is Cc1cc(C(=O)NC(C#N)c2ccccc2)ccc1O. The number of aromatic hydroxyl groups is 1. The van der Waals surface area contributed by atoms with Gasteiger partial charge < -0.3 is 10.4 Å². The second kappa shape index (κ2) is 5.89. The molecule has 0 heterocycles. The van der Waals surface area contributed by atoms with Crippen molar-refractivity contribution >= 4 is 5.91 Å². The lowest BCUT2D eigenvalue weighted by Crippen LogP contribution is -2.27. The van der Waals surface area contributed by atoms with Crippen LogP contribution >= 0.6 is 0 Å². The van der Waals surface area contributed by atoms with Crippen LogP contribution in [0, 0.1) is 18.3 Å². The zero-order chi connectivity index (χ0) is 14.5. The number of carbonyl (C=O) groups excluding carboxylic acids is 1. The van der Waals surface area contributed by atoms with Gasteiger partial charge >= 0.3 is 0 Å². The summed E-state index contributed by atoms with van der Waals surface area (Å²) in [5.41, 5.74) is 1.77. The predicted molar refractivity (Wildman–Crippen MR) is 75.1 cm³/mol. The van der Waals surface area contributed by atoms with Crippen LogP contribution in [0.15, 0.2) is 48.5 Å². The average molecular weight is 266 g/mol. The summed E-state index contributed by atoms with van der Waals surface area (Å²) in [6.07, 6.45) is 0. The van der Waals surface area contributed by atoms with E-state index in [4.69, 9.17) is 5.26 Å². The maximum atomic E-state index is 12.1. The monoisotopic (exact) mass is 266 g/mol. The van der Waals surface area contributed by atoms with E-state index in [0.717, 1.165) is 5.56 Å². The van der Waals surface area contributed by atoms with E-state index in [1.54, 1.807) is 25.1 Å². The van der Waals surface area contributed by atoms with Gasteiger partial charge in [-0.1, -0.05) is 30.3 Å². The number of phenols is 1. The number of aryl methyl sites for hydroxylation is 1. The molecule has 0 saturated heterocycles. The summed E-state index contributed by atoms with van der Waals surface area (Å²) in [5.74, 6) is -0.204. The third-order valence-corrected chi connectivity index (χ3v) is 3.00. The van der Waals surface area contributed by atoms with E-state index < -0.39 is 6.04 Å². The molecule has 1 unspecified atom stereocenters. The standard InChI is InChI=1S/C16H14N2O2/c1-11-9-13(7-8-15(11)19)16(20)18-14(10-17)12-5-3-2-4-6-12/h2-9,14,19H,1H3,(H,18,20). The van der Waals surface area contributed by atoms with Crippen LogP contribution in [0.2, 0.25) is 0 Å². The fourth-order valence-electron chi connectivity index (χ4n) is 1.85. The van der Waals surface area contributed by atoms with Crippen molar-refractivity contribution in [1.29, 1.82) is 5.26 Å². The molecule has 100 valence electrons. The van der Waals surface area contributed by atoms with Crippen LogP contribution < -0.4 is 5.32 Å². The first-order valence-corrected chi connectivity index (χ1v) is 6.17. The lowest BCUT2D eigenvalue weighted by atomic mass is 10.1. The van der Waals surface area contributed by atoms with E-state index in [9.17, 15) is 9.90 Å². The zero-order valence-electron chi connectivity index (χ0n) is 11.0. The second-order valence-electron chi connectivity index (χ2n) is 4.45. The lowest BCUT2D eigenvalue weighted by molar-refractivity contribution is 0.0945. The third-order valence-electron chi connectivity index (χ3n) is 3.00. The molecule has 0 bridgehead atoms. The van der Waals surface area contributed by atoms with Gasteiger partial charge in [-0.05, 0) is 36.2 Å². The fourth-order valence-corrected chi connectivity index (χ4v) is 1.85. The Bertz CT molecular complexity index is 660. The van der Waals surface area contributed by atoms with Gasteiger partial charge in [0, 0.05) is 5.56 Å². The first kappa shape index (κ1) is 13.6. The molecule has 0 spiro atoms. The number of hydrogen-bond donors (Lipinski definition) is 2. The van der Waals surface area contributed by atoms with E-state index in [2.05, 4.69) is 11.4 Å². The number of nitrogens with one attached hydrogen (secondary N) is 1. The van der Waals surface area contributed by atoms with Gasteiger partial charge in [-0.15, -0.1) is 0 Å². The van der Waals surface area contributed by atoms with E-state index in [0.29, 0.717) is 11.1 Å². The van der Waals surface area contributed by atoms with Gasteiger partial charge in [-0.25, -0.2) is 0 Å². The molecule has 0 aliphatic rings. The third kappa shape index (κ3) is 2.96. The maximum Gasteiger partial charge on any atom is 0.252 e. The number of phenolic OH excluding ortho intramolecular Hbond substituents is 1. The molecule has 4 nitrogen and oxygen atoms in total. The van der Waals surface area contributed by atoms with E-state index >= 15 is 0 Å². The summed E-state index contributed by atoms with van der Waals surface area (Å²) < 4.78 is 0. The minimum atomic E-state index is -0.696. The molecule has 2 N–H and O–H groups in total. The number of nitriles is 1. The highest BCUT2D eigenvalue weighted by Crippen LogP contribution is 2.18. The molecule has 1 amide bonds. The number of hydrogen-bond acceptors (Lipinski definition) is 3. The van der Waals surface area contributed by atoms with Crippen molar-refractivity contribution in [2.75, 3.05) is 0 Å². The van der Waals surface area contributed by atoms with Gasteiger partial charge in [0.1, 0.15) is 11.8 Å². The Morgan fingerprint density at radius 2 is 1.95 bits per heavy atom. The summed E-state index contributed by atoms with van der Waals surface area (Å²) in [7, 11) is 0. The minimum Gasteiger partial charge on any atom is -0.508 e. The Labute approximate surface area is 117 Å². The van der Waals surface area contributed by atoms with Crippen LogP contribution in [0.1, 0.15) is 27.5 Å². The number of amides is 1. The highest BCUT2D eigenvalue weighted by Gasteiger charge is 2.15. The van der Waals surface area contributed by atoms with Crippen LogP contribution in [0.4, 0.5) is 0 Å². The Morgan fingerprint density at radius 3 is 2.55 bits per heavy atom. The molecule has 1 atom stereocenters. The fraction of sp³-hybridized carbons (Fsp3) is 0.125. The normalized spacial score (nSPS) is 11.4. The molecule has 20 heavy (non-hydrogen) atoms. The molecule has 2 aromatic carbocycles. The summed E-state index contributed by atoms with van der Waals surface area (Å²) in [6.45, 7) is 1.71. The topological polar surface area (TPSA) is 73.1 Å². The summed E-state index contributed by atoms with van der Waals surface area (Å²) >= 11 is 0. The molecule has 2 aromatic rings. The zero-order valence-corrected chi connectivity index (χ0v) is 11.0. The number of carbonyl (C=O) groups is 1. The molecule has 0 radical (unpaired) electrons. The average Bonchev–Trinajstić information content (AvgIpc) is 2.48. The first-order valence-electron chi connectivity index (χ1n) is 6.17. The van der Waals surface area contributed by atoms with Gasteiger partial charge in [0.25, 0.3) is 5.91 Å². The molecule has 0 aliphatic carbocycles. The minimum absolute atomic E-state index is 0.140. The molecule has 0 aliphatic heterocycles. The molecule has 0 fully saturated rings. The maximum absolute atomic E-state index is 12.1. The Kier molecular flexibility index (Phi) is 4.02. The van der Waals surface area contributed by atoms with Crippen LogP contribution in [-0.4, -0.2) is 11.0 Å². The van der Waals surface area contributed by atoms with E-state index in [-0.39, 0.29) is 11.7 Å². The van der Waals surface area contributed by atoms with Crippen molar-refractivity contribution in [3.8, 4) is 11.8 Å². The van der Waals surface area contributed by atoms with Gasteiger partial charge in [-0.3, -0.25) is 4.79 Å². The Balaban J connectivity index is 2.18. The number of rotatable bonds is 3. The summed E-state index contributed by atoms with van der Waals surface area (Å²) in [6, 6.07) is 15.0.